The zero-order valence-corrected chi connectivity index (χ0v) is 11.8. The summed E-state index contributed by atoms with van der Waals surface area (Å²) in [5.74, 6) is 0.0658. The SMILES string of the molecule is Cc1noc(C(C)OC(=O)CCC(=O)c2cccnc2)n1. The standard InChI is InChI=1S/C14H15N3O4/c1-9(14-16-10(2)17-21-14)20-13(19)6-5-12(18)11-4-3-7-15-8-11/h3-4,7-9H,5-6H2,1-2H3. The summed E-state index contributed by atoms with van der Waals surface area (Å²) in [6, 6.07) is 3.33. The zero-order chi connectivity index (χ0) is 15.2. The lowest BCUT2D eigenvalue weighted by Gasteiger charge is -2.08. The highest BCUT2D eigenvalue weighted by molar-refractivity contribution is 5.97. The molecular formula is C14H15N3O4. The highest BCUT2D eigenvalue weighted by Crippen LogP contribution is 2.15. The van der Waals surface area contributed by atoms with E-state index in [1.54, 1.807) is 32.2 Å². The van der Waals surface area contributed by atoms with Crippen LogP contribution in [0.2, 0.25) is 0 Å². The molecule has 21 heavy (non-hydrogen) atoms. The number of aryl methyl sites for hydroxylation is 1. The van der Waals surface area contributed by atoms with Crippen molar-refractivity contribution in [3.05, 3.63) is 41.8 Å². The quantitative estimate of drug-likeness (QED) is 0.593. The van der Waals surface area contributed by atoms with Crippen LogP contribution in [0.3, 0.4) is 0 Å². The first kappa shape index (κ1) is 14.8. The molecular weight excluding hydrogens is 274 g/mol. The molecule has 0 saturated heterocycles. The molecule has 0 spiro atoms. The third-order valence-electron chi connectivity index (χ3n) is 2.74. The van der Waals surface area contributed by atoms with E-state index < -0.39 is 12.1 Å². The van der Waals surface area contributed by atoms with Crippen molar-refractivity contribution in [1.82, 2.24) is 15.1 Å². The lowest BCUT2D eigenvalue weighted by atomic mass is 10.1. The van der Waals surface area contributed by atoms with Crippen molar-refractivity contribution in [2.45, 2.75) is 32.8 Å². The number of hydrogen-bond donors (Lipinski definition) is 0. The summed E-state index contributed by atoms with van der Waals surface area (Å²) in [7, 11) is 0. The highest BCUT2D eigenvalue weighted by atomic mass is 16.6. The van der Waals surface area contributed by atoms with Crippen LogP contribution in [0.4, 0.5) is 0 Å². The predicted molar refractivity (Wildman–Crippen MR) is 71.3 cm³/mol. The predicted octanol–water partition coefficient (Wildman–Crippen LogP) is 2.04. The Morgan fingerprint density at radius 1 is 1.38 bits per heavy atom. The van der Waals surface area contributed by atoms with Gasteiger partial charge in [-0.05, 0) is 26.0 Å². The fraction of sp³-hybridized carbons (Fsp3) is 0.357. The first-order chi connectivity index (χ1) is 10.1. The Labute approximate surface area is 121 Å². The van der Waals surface area contributed by atoms with Crippen molar-refractivity contribution in [3.63, 3.8) is 0 Å². The largest absolute Gasteiger partial charge is 0.453 e. The second-order valence-corrected chi connectivity index (χ2v) is 4.48. The molecule has 2 aromatic heterocycles. The molecule has 0 aliphatic carbocycles. The number of carbonyl (C=O) groups excluding carboxylic acids is 2. The summed E-state index contributed by atoms with van der Waals surface area (Å²) in [6.45, 7) is 3.31. The Hall–Kier alpha value is -2.57. The summed E-state index contributed by atoms with van der Waals surface area (Å²) < 4.78 is 10.0. The number of ether oxygens (including phenoxy) is 1. The van der Waals surface area contributed by atoms with Gasteiger partial charge in [-0.3, -0.25) is 14.6 Å². The van der Waals surface area contributed by atoms with E-state index in [2.05, 4.69) is 15.1 Å². The average Bonchev–Trinajstić information content (AvgIpc) is 2.92. The van der Waals surface area contributed by atoms with E-state index in [9.17, 15) is 9.59 Å². The third kappa shape index (κ3) is 4.20. The molecule has 1 atom stereocenters. The van der Waals surface area contributed by atoms with Gasteiger partial charge in [-0.25, -0.2) is 0 Å². The fourth-order valence-corrected chi connectivity index (χ4v) is 1.67. The van der Waals surface area contributed by atoms with Crippen LogP contribution in [0.5, 0.6) is 0 Å². The Morgan fingerprint density at radius 2 is 2.19 bits per heavy atom. The maximum Gasteiger partial charge on any atom is 0.307 e. The van der Waals surface area contributed by atoms with Gasteiger partial charge in [0.15, 0.2) is 17.7 Å². The number of rotatable bonds is 6. The van der Waals surface area contributed by atoms with Gasteiger partial charge >= 0.3 is 5.97 Å². The maximum atomic E-state index is 11.8. The average molecular weight is 289 g/mol. The van der Waals surface area contributed by atoms with Crippen molar-refractivity contribution in [2.75, 3.05) is 0 Å². The summed E-state index contributed by atoms with van der Waals surface area (Å²) in [5, 5.41) is 3.62. The fourth-order valence-electron chi connectivity index (χ4n) is 1.67. The molecule has 0 bridgehead atoms. The summed E-state index contributed by atoms with van der Waals surface area (Å²) >= 11 is 0. The van der Waals surface area contributed by atoms with E-state index in [-0.39, 0.29) is 24.5 Å². The number of nitrogens with zero attached hydrogens (tertiary/aromatic N) is 3. The van der Waals surface area contributed by atoms with Crippen molar-refractivity contribution in [1.29, 1.82) is 0 Å². The molecule has 0 saturated carbocycles. The molecule has 110 valence electrons. The van der Waals surface area contributed by atoms with Gasteiger partial charge in [0.05, 0.1) is 6.42 Å². The molecule has 0 aliphatic heterocycles. The van der Waals surface area contributed by atoms with Gasteiger partial charge in [-0.1, -0.05) is 5.16 Å². The van der Waals surface area contributed by atoms with Gasteiger partial charge in [-0.2, -0.15) is 4.98 Å². The Balaban J connectivity index is 1.81. The highest BCUT2D eigenvalue weighted by Gasteiger charge is 2.18. The molecule has 2 heterocycles. The van der Waals surface area contributed by atoms with Crippen LogP contribution < -0.4 is 0 Å². The van der Waals surface area contributed by atoms with Crippen LogP contribution in [-0.2, 0) is 9.53 Å². The summed E-state index contributed by atoms with van der Waals surface area (Å²) in [4.78, 5) is 31.3. The summed E-state index contributed by atoms with van der Waals surface area (Å²) in [5.41, 5.74) is 0.478. The molecule has 0 fully saturated rings. The molecule has 1 unspecified atom stereocenters. The van der Waals surface area contributed by atoms with E-state index in [0.717, 1.165) is 0 Å². The summed E-state index contributed by atoms with van der Waals surface area (Å²) in [6.07, 6.45) is 2.48. The van der Waals surface area contributed by atoms with E-state index in [0.29, 0.717) is 11.4 Å². The number of hydrogen-bond acceptors (Lipinski definition) is 7. The Kier molecular flexibility index (Phi) is 4.76. The monoisotopic (exact) mass is 289 g/mol. The first-order valence-electron chi connectivity index (χ1n) is 6.49. The van der Waals surface area contributed by atoms with E-state index >= 15 is 0 Å². The van der Waals surface area contributed by atoms with E-state index in [1.807, 2.05) is 0 Å². The molecule has 7 nitrogen and oxygen atoms in total. The lowest BCUT2D eigenvalue weighted by Crippen LogP contribution is -2.11. The number of Topliss-reactive ketones (excluding diaryl/α,β-unsaturated/α-hetero) is 1. The van der Waals surface area contributed by atoms with Crippen molar-refractivity contribution >= 4 is 11.8 Å². The van der Waals surface area contributed by atoms with Crippen molar-refractivity contribution < 1.29 is 18.8 Å². The smallest absolute Gasteiger partial charge is 0.307 e. The normalized spacial score (nSPS) is 11.9. The topological polar surface area (TPSA) is 95.2 Å². The van der Waals surface area contributed by atoms with Crippen molar-refractivity contribution in [3.8, 4) is 0 Å². The molecule has 2 rings (SSSR count). The van der Waals surface area contributed by atoms with Crippen LogP contribution in [0, 0.1) is 6.92 Å². The van der Waals surface area contributed by atoms with E-state index in [4.69, 9.17) is 9.26 Å². The number of ketones is 1. The van der Waals surface area contributed by atoms with Crippen LogP contribution in [0.25, 0.3) is 0 Å². The number of esters is 1. The molecule has 0 amide bonds. The van der Waals surface area contributed by atoms with Gasteiger partial charge in [0.1, 0.15) is 0 Å². The van der Waals surface area contributed by atoms with Crippen LogP contribution in [-0.4, -0.2) is 26.9 Å². The number of aromatic nitrogens is 3. The van der Waals surface area contributed by atoms with E-state index in [1.165, 1.54) is 6.20 Å². The minimum atomic E-state index is -0.632. The molecule has 2 aromatic rings. The molecule has 0 N–H and O–H groups in total. The van der Waals surface area contributed by atoms with Crippen LogP contribution in [0.1, 0.15) is 47.9 Å². The Morgan fingerprint density at radius 3 is 2.81 bits per heavy atom. The van der Waals surface area contributed by atoms with Crippen LogP contribution in [0.15, 0.2) is 29.0 Å². The minimum absolute atomic E-state index is 0.00874. The van der Waals surface area contributed by atoms with Gasteiger partial charge in [-0.15, -0.1) is 0 Å². The van der Waals surface area contributed by atoms with Gasteiger partial charge in [0.25, 0.3) is 5.89 Å². The second-order valence-electron chi connectivity index (χ2n) is 4.48. The third-order valence-corrected chi connectivity index (χ3v) is 2.74. The zero-order valence-electron chi connectivity index (χ0n) is 11.8. The second kappa shape index (κ2) is 6.74. The molecule has 0 aliphatic rings. The van der Waals surface area contributed by atoms with Crippen molar-refractivity contribution in [2.24, 2.45) is 0 Å². The minimum Gasteiger partial charge on any atom is -0.453 e. The number of carbonyl (C=O) groups is 2. The lowest BCUT2D eigenvalue weighted by molar-refractivity contribution is -0.149. The van der Waals surface area contributed by atoms with Gasteiger partial charge < -0.3 is 9.26 Å². The molecule has 0 aromatic carbocycles. The van der Waals surface area contributed by atoms with Crippen LogP contribution >= 0.6 is 0 Å². The van der Waals surface area contributed by atoms with Gasteiger partial charge in [0, 0.05) is 24.4 Å². The molecule has 7 heteroatoms. The first-order valence-corrected chi connectivity index (χ1v) is 6.49. The Bertz CT molecular complexity index is 624. The maximum absolute atomic E-state index is 11.8. The number of pyridine rings is 1. The van der Waals surface area contributed by atoms with Gasteiger partial charge in [0.2, 0.25) is 0 Å². The molecule has 0 radical (unpaired) electrons.